The van der Waals surface area contributed by atoms with Crippen LogP contribution >= 0.6 is 0 Å². The highest BCUT2D eigenvalue weighted by Gasteiger charge is 2.61. The molecule has 37 heavy (non-hydrogen) atoms. The Labute approximate surface area is 228 Å². The monoisotopic (exact) mass is 565 g/mol. The van der Waals surface area contributed by atoms with Gasteiger partial charge in [0.1, 0.15) is 38.7 Å². The lowest BCUT2D eigenvalue weighted by atomic mass is 10.0. The van der Waals surface area contributed by atoms with Gasteiger partial charge >= 0.3 is 0 Å². The van der Waals surface area contributed by atoms with Crippen LogP contribution < -0.4 is 0 Å². The fraction of sp³-hybridized carbons (Fsp3) is 1.00. The van der Waals surface area contributed by atoms with Gasteiger partial charge in [-0.25, -0.2) is 0 Å². The summed E-state index contributed by atoms with van der Waals surface area (Å²) in [4.78, 5) is 2.42. The second-order valence-corrected chi connectivity index (χ2v) is 22.9. The summed E-state index contributed by atoms with van der Waals surface area (Å²) in [6.45, 7) is 24.5. The van der Waals surface area contributed by atoms with Gasteiger partial charge in [0.25, 0.3) is 0 Å². The number of nitrogens with zero attached hydrogens (tertiary/aromatic N) is 1. The minimum Gasteiger partial charge on any atom is -0.415 e. The van der Waals surface area contributed by atoms with Crippen molar-refractivity contribution < 1.29 is 37.3 Å². The highest BCUT2D eigenvalue weighted by atomic mass is 28.4. The molecule has 11 heteroatoms. The summed E-state index contributed by atoms with van der Waals surface area (Å²) >= 11 is 0. The molecule has 0 aliphatic carbocycles. The Morgan fingerprint density at radius 3 is 1.65 bits per heavy atom. The Morgan fingerprint density at radius 2 is 1.16 bits per heavy atom. The van der Waals surface area contributed by atoms with Crippen LogP contribution in [-0.2, 0) is 37.3 Å². The lowest BCUT2D eigenvalue weighted by molar-refractivity contribution is -0.168. The van der Waals surface area contributed by atoms with Crippen LogP contribution in [0.4, 0.5) is 0 Å². The molecular weight excluding hydrogens is 510 g/mol. The summed E-state index contributed by atoms with van der Waals surface area (Å²) in [7, 11) is 0.755. The molecule has 9 nitrogen and oxygen atoms in total. The third-order valence-corrected chi connectivity index (χ3v) is 17.7. The minimum atomic E-state index is -2.15. The molecule has 2 aliphatic rings. The average Bonchev–Trinajstić information content (AvgIpc) is 3.25. The molecule has 220 valence electrons. The maximum atomic E-state index is 7.14. The van der Waals surface area contributed by atoms with E-state index in [0.717, 1.165) is 0 Å². The molecule has 0 N–H and O–H groups in total. The first kappa shape index (κ1) is 33.3. The molecular formula is C26H55NO8Si2. The standard InChI is InChI=1S/C26H55NO8Si2/c1-25(2,3)36(10,11)34-15-19-22(35-37(12,13)26(4,5)6)24(33-18-30-9)21-23(32-17-29-8)20(14-27(19)21)31-16-28-7/h19-24H,14-18H2,1-13H3/t19-,20+,21-,22-,23-,24-/m1/s1. The SMILES string of the molecule is COCO[C@H]1[C@H](O[Si](C)(C)C(C)(C)C)[C@@H](CO[Si](C)(C)C(C)(C)C)N2C[C@H](OCOC)[C@@H](OCOC)[C@H]12. The van der Waals surface area contributed by atoms with Crippen LogP contribution in [0.3, 0.4) is 0 Å². The van der Waals surface area contributed by atoms with E-state index in [9.17, 15) is 0 Å². The Bertz CT molecular complexity index is 697. The van der Waals surface area contributed by atoms with Gasteiger partial charge in [-0.1, -0.05) is 41.5 Å². The maximum Gasteiger partial charge on any atom is 0.192 e. The topological polar surface area (TPSA) is 77.1 Å². The molecule has 0 spiro atoms. The lowest BCUT2D eigenvalue weighted by Gasteiger charge is -2.43. The molecule has 2 saturated heterocycles. The minimum absolute atomic E-state index is 0.0140. The Morgan fingerprint density at radius 1 is 0.676 bits per heavy atom. The number of rotatable bonds is 14. The van der Waals surface area contributed by atoms with Gasteiger partial charge in [0.15, 0.2) is 16.6 Å². The van der Waals surface area contributed by atoms with E-state index >= 15 is 0 Å². The molecule has 0 amide bonds. The normalized spacial score (nSPS) is 29.8. The predicted molar refractivity (Wildman–Crippen MR) is 150 cm³/mol. The van der Waals surface area contributed by atoms with Crippen LogP contribution in [0.25, 0.3) is 0 Å². The Hall–Kier alpha value is 0.0738. The van der Waals surface area contributed by atoms with E-state index in [0.29, 0.717) is 13.2 Å². The van der Waals surface area contributed by atoms with Crippen LogP contribution in [-0.4, -0.2) is 113 Å². The van der Waals surface area contributed by atoms with Crippen molar-refractivity contribution >= 4 is 16.6 Å². The zero-order valence-corrected chi connectivity index (χ0v) is 27.7. The highest BCUT2D eigenvalue weighted by Crippen LogP contribution is 2.45. The molecule has 6 atom stereocenters. The second-order valence-electron chi connectivity index (χ2n) is 13.4. The van der Waals surface area contributed by atoms with Crippen LogP contribution in [0.1, 0.15) is 41.5 Å². The van der Waals surface area contributed by atoms with E-state index in [1.165, 1.54) is 0 Å². The first-order chi connectivity index (χ1) is 17.0. The van der Waals surface area contributed by atoms with Crippen molar-refractivity contribution in [3.8, 4) is 0 Å². The van der Waals surface area contributed by atoms with Gasteiger partial charge < -0.3 is 37.3 Å². The Kier molecular flexibility index (Phi) is 11.8. The van der Waals surface area contributed by atoms with Crippen molar-refractivity contribution in [2.75, 3.05) is 54.9 Å². The van der Waals surface area contributed by atoms with Crippen molar-refractivity contribution in [3.05, 3.63) is 0 Å². The first-order valence-corrected chi connectivity index (χ1v) is 19.2. The van der Waals surface area contributed by atoms with Crippen LogP contribution in [0, 0.1) is 0 Å². The van der Waals surface area contributed by atoms with E-state index < -0.39 is 16.6 Å². The lowest BCUT2D eigenvalue weighted by Crippen LogP contribution is -2.54. The van der Waals surface area contributed by atoms with E-state index in [1.54, 1.807) is 21.3 Å². The molecule has 0 radical (unpaired) electrons. The summed E-state index contributed by atoms with van der Waals surface area (Å²) in [5, 5.41) is 0.152. The molecule has 0 unspecified atom stereocenters. The zero-order valence-electron chi connectivity index (χ0n) is 25.7. The molecule has 2 fully saturated rings. The van der Waals surface area contributed by atoms with Gasteiger partial charge in [0.05, 0.1) is 24.8 Å². The maximum absolute atomic E-state index is 7.14. The van der Waals surface area contributed by atoms with E-state index in [2.05, 4.69) is 72.6 Å². The average molecular weight is 566 g/mol. The fourth-order valence-corrected chi connectivity index (χ4v) is 6.88. The zero-order chi connectivity index (χ0) is 28.2. The third-order valence-electron chi connectivity index (χ3n) is 8.76. The molecule has 0 bridgehead atoms. The first-order valence-electron chi connectivity index (χ1n) is 13.4. The van der Waals surface area contributed by atoms with Crippen molar-refractivity contribution in [1.82, 2.24) is 4.90 Å². The van der Waals surface area contributed by atoms with Crippen molar-refractivity contribution in [2.24, 2.45) is 0 Å². The molecule has 0 aromatic rings. The molecule has 2 aliphatic heterocycles. The summed E-state index contributed by atoms with van der Waals surface area (Å²) in [6.07, 6.45) is -0.943. The van der Waals surface area contributed by atoms with Crippen LogP contribution in [0.15, 0.2) is 0 Å². The number of ether oxygens (including phenoxy) is 6. The molecule has 2 rings (SSSR count). The van der Waals surface area contributed by atoms with Gasteiger partial charge in [-0.05, 0) is 36.3 Å². The largest absolute Gasteiger partial charge is 0.415 e. The number of methoxy groups -OCH3 is 3. The smallest absolute Gasteiger partial charge is 0.192 e. The van der Waals surface area contributed by atoms with Crippen molar-refractivity contribution in [3.63, 3.8) is 0 Å². The molecule has 0 aromatic carbocycles. The van der Waals surface area contributed by atoms with Crippen LogP contribution in [0.2, 0.25) is 36.3 Å². The summed E-state index contributed by atoms with van der Waals surface area (Å²) in [5.41, 5.74) is 0. The van der Waals surface area contributed by atoms with E-state index in [4.69, 9.17) is 37.3 Å². The van der Waals surface area contributed by atoms with Gasteiger partial charge in [0.2, 0.25) is 0 Å². The molecule has 0 saturated carbocycles. The summed E-state index contributed by atoms with van der Waals surface area (Å²) in [5.74, 6) is 0. The summed E-state index contributed by atoms with van der Waals surface area (Å²) in [6, 6.07) is -0.116. The quantitative estimate of drug-likeness (QED) is 0.224. The predicted octanol–water partition coefficient (Wildman–Crippen LogP) is 4.43. The van der Waals surface area contributed by atoms with Crippen molar-refractivity contribution in [1.29, 1.82) is 0 Å². The molecule has 2 heterocycles. The Balaban J connectivity index is 2.50. The second kappa shape index (κ2) is 13.2. The van der Waals surface area contributed by atoms with Gasteiger partial charge in [0, 0.05) is 27.9 Å². The van der Waals surface area contributed by atoms with E-state index in [-0.39, 0.29) is 67.0 Å². The van der Waals surface area contributed by atoms with Gasteiger partial charge in [-0.3, -0.25) is 4.90 Å². The third kappa shape index (κ3) is 7.84. The number of fused-ring (bicyclic) bond motifs is 1. The van der Waals surface area contributed by atoms with E-state index in [1.807, 2.05) is 0 Å². The van der Waals surface area contributed by atoms with Gasteiger partial charge in [-0.15, -0.1) is 0 Å². The fourth-order valence-electron chi connectivity index (χ4n) is 4.54. The van der Waals surface area contributed by atoms with Crippen molar-refractivity contribution in [2.45, 2.75) is 114 Å². The molecule has 0 aromatic heterocycles. The highest BCUT2D eigenvalue weighted by molar-refractivity contribution is 6.74. The van der Waals surface area contributed by atoms with Crippen LogP contribution in [0.5, 0.6) is 0 Å². The van der Waals surface area contributed by atoms with Gasteiger partial charge in [-0.2, -0.15) is 0 Å². The summed E-state index contributed by atoms with van der Waals surface area (Å²) < 4.78 is 48.6. The number of hydrogen-bond acceptors (Lipinski definition) is 9. The number of hydrogen-bond donors (Lipinski definition) is 0.